The summed E-state index contributed by atoms with van der Waals surface area (Å²) in [6, 6.07) is 13.8. The van der Waals surface area contributed by atoms with Gasteiger partial charge >= 0.3 is 0 Å². The van der Waals surface area contributed by atoms with Crippen LogP contribution in [0.4, 0.5) is 0 Å². The van der Waals surface area contributed by atoms with Crippen molar-refractivity contribution < 1.29 is 5.11 Å². The number of hydrogen-bond acceptors (Lipinski definition) is 5. The molecule has 29 heavy (non-hydrogen) atoms. The fourth-order valence-electron chi connectivity index (χ4n) is 3.18. The molecule has 0 spiro atoms. The van der Waals surface area contributed by atoms with Gasteiger partial charge in [-0.15, -0.1) is 5.10 Å². The van der Waals surface area contributed by atoms with E-state index in [0.29, 0.717) is 24.0 Å². The topological polar surface area (TPSA) is 86.1 Å². The molecule has 0 saturated heterocycles. The van der Waals surface area contributed by atoms with Gasteiger partial charge in [0.25, 0.3) is 0 Å². The minimum absolute atomic E-state index is 0.0202. The first kappa shape index (κ1) is 17.8. The number of rotatable bonds is 5. The average Bonchev–Trinajstić information content (AvgIpc) is 3.45. The van der Waals surface area contributed by atoms with Gasteiger partial charge in [-0.25, -0.2) is 14.6 Å². The summed E-state index contributed by atoms with van der Waals surface area (Å²) in [5.74, 6) is 1.86. The summed E-state index contributed by atoms with van der Waals surface area (Å²) in [5.41, 5.74) is 2.61. The van der Waals surface area contributed by atoms with E-state index in [-0.39, 0.29) is 6.61 Å². The number of benzene rings is 1. The Morgan fingerprint density at radius 2 is 1.97 bits per heavy atom. The normalized spacial score (nSPS) is 11.4. The van der Waals surface area contributed by atoms with Gasteiger partial charge in [0.15, 0.2) is 17.5 Å². The highest BCUT2D eigenvalue weighted by molar-refractivity contribution is 9.10. The fraction of sp³-hybridized carbons (Fsp3) is 0.100. The lowest BCUT2D eigenvalue weighted by Crippen LogP contribution is -2.02. The second-order valence-electron chi connectivity index (χ2n) is 6.44. The van der Waals surface area contributed by atoms with Gasteiger partial charge in [0.1, 0.15) is 0 Å². The Kier molecular flexibility index (Phi) is 4.45. The minimum Gasteiger partial charge on any atom is -0.394 e. The maximum absolute atomic E-state index is 9.14. The quantitative estimate of drug-likeness (QED) is 0.445. The van der Waals surface area contributed by atoms with Gasteiger partial charge in [0.05, 0.1) is 42.3 Å². The lowest BCUT2D eigenvalue weighted by molar-refractivity contribution is 0.269. The first-order valence-corrected chi connectivity index (χ1v) is 9.81. The van der Waals surface area contributed by atoms with Crippen molar-refractivity contribution in [2.24, 2.45) is 0 Å². The predicted octanol–water partition coefficient (Wildman–Crippen LogP) is 3.20. The van der Waals surface area contributed by atoms with Crippen LogP contribution in [0.25, 0.3) is 34.2 Å². The number of nitrogens with zero attached hydrogens (tertiary/aromatic N) is 7. The van der Waals surface area contributed by atoms with Gasteiger partial charge in [-0.1, -0.05) is 28.1 Å². The first-order chi connectivity index (χ1) is 14.2. The Bertz CT molecular complexity index is 1300. The number of aromatic nitrogens is 7. The molecule has 0 unspecified atom stereocenters. The van der Waals surface area contributed by atoms with Crippen molar-refractivity contribution >= 4 is 21.4 Å². The van der Waals surface area contributed by atoms with Crippen LogP contribution in [0, 0.1) is 0 Å². The number of pyridine rings is 1. The molecule has 5 aromatic rings. The summed E-state index contributed by atoms with van der Waals surface area (Å²) in [4.78, 5) is 9.38. The number of fused-ring (bicyclic) bond motifs is 1. The molecule has 0 aliphatic heterocycles. The van der Waals surface area contributed by atoms with E-state index in [2.05, 4.69) is 26.0 Å². The van der Waals surface area contributed by atoms with E-state index in [1.165, 1.54) is 0 Å². The fourth-order valence-corrected chi connectivity index (χ4v) is 3.57. The smallest absolute Gasteiger partial charge is 0.200 e. The maximum atomic E-state index is 9.14. The van der Waals surface area contributed by atoms with E-state index in [9.17, 15) is 0 Å². The summed E-state index contributed by atoms with van der Waals surface area (Å²) in [5, 5.41) is 18.1. The number of imidazole rings is 1. The van der Waals surface area contributed by atoms with E-state index in [1.54, 1.807) is 15.6 Å². The summed E-state index contributed by atoms with van der Waals surface area (Å²) in [6.45, 7) is 0.441. The molecule has 0 aliphatic carbocycles. The lowest BCUT2D eigenvalue weighted by atomic mass is 10.3. The van der Waals surface area contributed by atoms with E-state index in [1.807, 2.05) is 65.5 Å². The predicted molar refractivity (Wildman–Crippen MR) is 112 cm³/mol. The molecule has 0 atom stereocenters. The Hall–Kier alpha value is -3.30. The van der Waals surface area contributed by atoms with Gasteiger partial charge in [-0.05, 0) is 30.3 Å². The molecule has 8 nitrogen and oxygen atoms in total. The second kappa shape index (κ2) is 7.26. The van der Waals surface area contributed by atoms with Crippen molar-refractivity contribution in [3.05, 3.63) is 71.7 Å². The zero-order valence-corrected chi connectivity index (χ0v) is 16.8. The third kappa shape index (κ3) is 3.24. The van der Waals surface area contributed by atoms with Crippen molar-refractivity contribution in [1.82, 2.24) is 33.9 Å². The van der Waals surface area contributed by atoms with Gasteiger partial charge in [0, 0.05) is 16.9 Å². The van der Waals surface area contributed by atoms with Crippen molar-refractivity contribution in [1.29, 1.82) is 0 Å². The van der Waals surface area contributed by atoms with E-state index >= 15 is 0 Å². The molecule has 1 aromatic carbocycles. The third-order valence-electron chi connectivity index (χ3n) is 4.52. The van der Waals surface area contributed by atoms with Crippen LogP contribution in [-0.2, 0) is 6.54 Å². The van der Waals surface area contributed by atoms with E-state index in [0.717, 1.165) is 21.2 Å². The molecule has 4 aromatic heterocycles. The highest BCUT2D eigenvalue weighted by Gasteiger charge is 2.19. The van der Waals surface area contributed by atoms with Crippen molar-refractivity contribution in [3.63, 3.8) is 0 Å². The van der Waals surface area contributed by atoms with Gasteiger partial charge in [0.2, 0.25) is 0 Å². The standard InChI is InChI=1S/C20H16BrN7O/c21-15-4-3-6-16(10-15)28-20(19-22-12-17-5-1-2-7-27(17)19)24-18(25-28)14-11-23-26(13-14)8-9-29/h1-7,10-13,29H,8-9H2. The third-order valence-corrected chi connectivity index (χ3v) is 5.01. The van der Waals surface area contributed by atoms with Crippen molar-refractivity contribution in [3.8, 4) is 28.7 Å². The molecule has 9 heteroatoms. The molecule has 0 radical (unpaired) electrons. The largest absolute Gasteiger partial charge is 0.394 e. The molecular weight excluding hydrogens is 434 g/mol. The summed E-state index contributed by atoms with van der Waals surface area (Å²) in [7, 11) is 0. The van der Waals surface area contributed by atoms with Gasteiger partial charge in [-0.2, -0.15) is 5.10 Å². The van der Waals surface area contributed by atoms with Gasteiger partial charge < -0.3 is 5.11 Å². The molecule has 0 fully saturated rings. The minimum atomic E-state index is 0.0202. The molecule has 4 heterocycles. The average molecular weight is 450 g/mol. The van der Waals surface area contributed by atoms with E-state index in [4.69, 9.17) is 15.2 Å². The molecule has 0 aliphatic rings. The van der Waals surface area contributed by atoms with Crippen molar-refractivity contribution in [2.45, 2.75) is 6.54 Å². The van der Waals surface area contributed by atoms with Crippen LogP contribution in [0.15, 0.2) is 71.7 Å². The summed E-state index contributed by atoms with van der Waals surface area (Å²) < 4.78 is 6.38. The molecule has 0 saturated carbocycles. The Balaban J connectivity index is 1.70. The SMILES string of the molecule is OCCn1cc(-c2nc(-c3ncc4ccccn34)n(-c3cccc(Br)c3)n2)cn1. The van der Waals surface area contributed by atoms with Gasteiger partial charge in [-0.3, -0.25) is 9.08 Å². The van der Waals surface area contributed by atoms with Crippen LogP contribution in [0.3, 0.4) is 0 Å². The molecule has 5 rings (SSSR count). The first-order valence-electron chi connectivity index (χ1n) is 9.02. The van der Waals surface area contributed by atoms with E-state index < -0.39 is 0 Å². The van der Waals surface area contributed by atoms with Crippen LogP contribution in [0.1, 0.15) is 0 Å². The molecule has 1 N–H and O–H groups in total. The Morgan fingerprint density at radius 1 is 1.03 bits per heavy atom. The monoisotopic (exact) mass is 449 g/mol. The highest BCUT2D eigenvalue weighted by Crippen LogP contribution is 2.26. The van der Waals surface area contributed by atoms with Crippen LogP contribution < -0.4 is 0 Å². The number of halogens is 1. The second-order valence-corrected chi connectivity index (χ2v) is 7.36. The zero-order chi connectivity index (χ0) is 19.8. The molecule has 144 valence electrons. The van der Waals surface area contributed by atoms with Crippen LogP contribution in [0.2, 0.25) is 0 Å². The molecular formula is C20H16BrN7O. The number of aliphatic hydroxyl groups excluding tert-OH is 1. The molecule has 0 amide bonds. The summed E-state index contributed by atoms with van der Waals surface area (Å²) >= 11 is 3.53. The maximum Gasteiger partial charge on any atom is 0.200 e. The summed E-state index contributed by atoms with van der Waals surface area (Å²) in [6.07, 6.45) is 7.29. The number of aliphatic hydroxyl groups is 1. The lowest BCUT2D eigenvalue weighted by Gasteiger charge is -2.06. The number of hydrogen-bond donors (Lipinski definition) is 1. The zero-order valence-electron chi connectivity index (χ0n) is 15.2. The Morgan fingerprint density at radius 3 is 2.83 bits per heavy atom. The van der Waals surface area contributed by atoms with Crippen LogP contribution in [0.5, 0.6) is 0 Å². The highest BCUT2D eigenvalue weighted by atomic mass is 79.9. The molecule has 0 bridgehead atoms. The van der Waals surface area contributed by atoms with Crippen LogP contribution >= 0.6 is 15.9 Å². The Labute approximate surface area is 174 Å². The van der Waals surface area contributed by atoms with Crippen molar-refractivity contribution in [2.75, 3.05) is 6.61 Å². The van der Waals surface area contributed by atoms with Crippen LogP contribution in [-0.4, -0.2) is 45.6 Å².